The van der Waals surface area contributed by atoms with Gasteiger partial charge in [-0.3, -0.25) is 30.0 Å². The molecule has 3 rings (SSSR count). The first-order valence-electron chi connectivity index (χ1n) is 11.6. The number of benzene rings is 2. The molecule has 0 aliphatic carbocycles. The zero-order valence-electron chi connectivity index (χ0n) is 20.8. The molecule has 0 atom stereocenters. The van der Waals surface area contributed by atoms with Gasteiger partial charge in [-0.05, 0) is 52.7 Å². The smallest absolute Gasteiger partial charge is 0.327 e. The number of hydrogen-bond acceptors (Lipinski definition) is 7. The number of carbonyl (C=O) groups excluding carboxylic acids is 4. The van der Waals surface area contributed by atoms with Gasteiger partial charge in [0.25, 0.3) is 5.91 Å². The van der Waals surface area contributed by atoms with E-state index in [0.717, 1.165) is 0 Å². The van der Waals surface area contributed by atoms with Crippen LogP contribution in [0.4, 0.5) is 0 Å². The summed E-state index contributed by atoms with van der Waals surface area (Å²) in [6, 6.07) is 12.4. The maximum absolute atomic E-state index is 12.5. The van der Waals surface area contributed by atoms with Crippen LogP contribution in [0.5, 0.6) is 11.5 Å². The third kappa shape index (κ3) is 7.29. The van der Waals surface area contributed by atoms with Gasteiger partial charge in [0.05, 0.1) is 5.56 Å². The highest BCUT2D eigenvalue weighted by molar-refractivity contribution is 6.35. The Morgan fingerprint density at radius 2 is 1.58 bits per heavy atom. The monoisotopic (exact) mass is 496 g/mol. The van der Waals surface area contributed by atoms with Crippen molar-refractivity contribution in [3.8, 4) is 11.5 Å². The summed E-state index contributed by atoms with van der Waals surface area (Å²) in [5.74, 6) is -3.07. The van der Waals surface area contributed by atoms with Crippen molar-refractivity contribution in [2.45, 2.75) is 57.7 Å². The van der Waals surface area contributed by atoms with E-state index in [1.165, 1.54) is 18.2 Å². The van der Waals surface area contributed by atoms with Gasteiger partial charge < -0.3 is 20.5 Å². The number of rotatable bonds is 6. The van der Waals surface area contributed by atoms with Crippen LogP contribution in [0.25, 0.3) is 0 Å². The third-order valence-electron chi connectivity index (χ3n) is 5.67. The molecule has 192 valence electrons. The second-order valence-corrected chi connectivity index (χ2v) is 10.1. The Labute approximate surface area is 209 Å². The molecule has 0 saturated carbocycles. The molecule has 10 nitrogen and oxygen atoms in total. The molecule has 1 saturated heterocycles. The van der Waals surface area contributed by atoms with E-state index in [-0.39, 0.29) is 40.0 Å². The van der Waals surface area contributed by atoms with Crippen LogP contribution in [0.3, 0.4) is 0 Å². The highest BCUT2D eigenvalue weighted by Crippen LogP contribution is 2.28. The summed E-state index contributed by atoms with van der Waals surface area (Å²) in [7, 11) is 0. The van der Waals surface area contributed by atoms with Crippen molar-refractivity contribution in [2.24, 2.45) is 0 Å². The zero-order valence-corrected chi connectivity index (χ0v) is 20.8. The SMILES string of the molecule is CC1(C)CC(NC(=O)C(=O)NNC(=O)COc2ccc(C(=O)c3ccccc3)c(O)c2)CC(C)(C)N1. The van der Waals surface area contributed by atoms with Crippen LogP contribution in [0.1, 0.15) is 56.5 Å². The molecule has 0 spiro atoms. The van der Waals surface area contributed by atoms with Gasteiger partial charge in [0, 0.05) is 28.7 Å². The maximum Gasteiger partial charge on any atom is 0.327 e. The predicted octanol–water partition coefficient (Wildman–Crippen LogP) is 1.57. The number of piperidine rings is 1. The van der Waals surface area contributed by atoms with Crippen molar-refractivity contribution in [1.29, 1.82) is 0 Å². The Morgan fingerprint density at radius 3 is 2.19 bits per heavy atom. The second-order valence-electron chi connectivity index (χ2n) is 10.1. The van der Waals surface area contributed by atoms with Crippen LogP contribution in [-0.2, 0) is 14.4 Å². The first-order chi connectivity index (χ1) is 16.8. The Balaban J connectivity index is 1.45. The summed E-state index contributed by atoms with van der Waals surface area (Å²) in [5.41, 5.74) is 4.29. The minimum Gasteiger partial charge on any atom is -0.507 e. The molecule has 0 bridgehead atoms. The molecule has 0 aromatic heterocycles. The number of carbonyl (C=O) groups is 4. The summed E-state index contributed by atoms with van der Waals surface area (Å²) >= 11 is 0. The Morgan fingerprint density at radius 1 is 0.944 bits per heavy atom. The molecular weight excluding hydrogens is 464 g/mol. The minimum absolute atomic E-state index is 0.0943. The van der Waals surface area contributed by atoms with E-state index < -0.39 is 24.3 Å². The number of hydrazine groups is 1. The fourth-order valence-electron chi connectivity index (χ4n) is 4.58. The largest absolute Gasteiger partial charge is 0.507 e. The van der Waals surface area contributed by atoms with Crippen molar-refractivity contribution >= 4 is 23.5 Å². The Bertz CT molecular complexity index is 1130. The van der Waals surface area contributed by atoms with E-state index in [1.54, 1.807) is 30.3 Å². The quantitative estimate of drug-likeness (QED) is 0.232. The fourth-order valence-corrected chi connectivity index (χ4v) is 4.58. The molecule has 5 N–H and O–H groups in total. The number of phenolic OH excluding ortho intramolecular Hbond substituents is 1. The molecule has 3 amide bonds. The van der Waals surface area contributed by atoms with Crippen LogP contribution in [0, 0.1) is 0 Å². The third-order valence-corrected chi connectivity index (χ3v) is 5.67. The van der Waals surface area contributed by atoms with Crippen LogP contribution < -0.4 is 26.2 Å². The highest BCUT2D eigenvalue weighted by Gasteiger charge is 2.38. The number of ether oxygens (including phenoxy) is 1. The minimum atomic E-state index is -1.00. The number of phenols is 1. The standard InChI is InChI=1S/C26H32N4O6/c1-25(2)13-17(14-26(3,4)30-25)27-23(34)24(35)29-28-21(32)15-36-18-10-11-19(20(31)12-18)22(33)16-8-6-5-7-9-16/h5-12,17,30-31H,13-15H2,1-4H3,(H,27,34)(H,28,32)(H,29,35). The molecule has 0 radical (unpaired) electrons. The van der Waals surface area contributed by atoms with Crippen molar-refractivity contribution in [3.63, 3.8) is 0 Å². The molecule has 1 heterocycles. The average molecular weight is 497 g/mol. The van der Waals surface area contributed by atoms with Gasteiger partial charge in [-0.15, -0.1) is 0 Å². The molecule has 1 aliphatic heterocycles. The maximum atomic E-state index is 12.5. The van der Waals surface area contributed by atoms with Gasteiger partial charge >= 0.3 is 11.8 Å². The molecular formula is C26H32N4O6. The number of nitrogens with one attached hydrogen (secondary N) is 4. The van der Waals surface area contributed by atoms with E-state index >= 15 is 0 Å². The lowest BCUT2D eigenvalue weighted by Crippen LogP contribution is -2.63. The van der Waals surface area contributed by atoms with Gasteiger partial charge in [0.15, 0.2) is 12.4 Å². The van der Waals surface area contributed by atoms with Crippen molar-refractivity contribution in [3.05, 3.63) is 59.7 Å². The predicted molar refractivity (Wildman–Crippen MR) is 132 cm³/mol. The fraction of sp³-hybridized carbons (Fsp3) is 0.385. The molecule has 2 aromatic rings. The summed E-state index contributed by atoms with van der Waals surface area (Å²) < 4.78 is 5.31. The summed E-state index contributed by atoms with van der Waals surface area (Å²) in [6.07, 6.45) is 1.30. The number of aromatic hydroxyl groups is 1. The number of amides is 3. The van der Waals surface area contributed by atoms with Crippen molar-refractivity contribution in [2.75, 3.05) is 6.61 Å². The molecule has 2 aromatic carbocycles. The van der Waals surface area contributed by atoms with Gasteiger partial charge in [0.2, 0.25) is 0 Å². The summed E-state index contributed by atoms with van der Waals surface area (Å²) in [4.78, 5) is 48.9. The lowest BCUT2D eigenvalue weighted by molar-refractivity contribution is -0.141. The number of hydrogen-bond donors (Lipinski definition) is 5. The first-order valence-corrected chi connectivity index (χ1v) is 11.6. The van der Waals surface area contributed by atoms with E-state index in [0.29, 0.717) is 18.4 Å². The Hall–Kier alpha value is -3.92. The van der Waals surface area contributed by atoms with Crippen molar-refractivity contribution < 1.29 is 29.0 Å². The lowest BCUT2D eigenvalue weighted by Gasteiger charge is -2.46. The first kappa shape index (κ1) is 26.7. The average Bonchev–Trinajstić information content (AvgIpc) is 2.79. The molecule has 1 aliphatic rings. The van der Waals surface area contributed by atoms with Gasteiger partial charge in [0.1, 0.15) is 11.5 Å². The molecule has 0 unspecified atom stereocenters. The lowest BCUT2D eigenvalue weighted by atomic mass is 9.79. The van der Waals surface area contributed by atoms with E-state index in [1.807, 2.05) is 27.7 Å². The molecule has 36 heavy (non-hydrogen) atoms. The van der Waals surface area contributed by atoms with Gasteiger partial charge in [-0.1, -0.05) is 30.3 Å². The second kappa shape index (κ2) is 10.8. The molecule has 1 fully saturated rings. The zero-order chi connectivity index (χ0) is 26.5. The summed E-state index contributed by atoms with van der Waals surface area (Å²) in [6.45, 7) is 7.62. The van der Waals surface area contributed by atoms with Crippen LogP contribution in [0.2, 0.25) is 0 Å². The topological polar surface area (TPSA) is 146 Å². The van der Waals surface area contributed by atoms with Gasteiger partial charge in [-0.2, -0.15) is 0 Å². The highest BCUT2D eigenvalue weighted by atomic mass is 16.5. The van der Waals surface area contributed by atoms with E-state index in [2.05, 4.69) is 21.5 Å². The Kier molecular flexibility index (Phi) is 7.99. The van der Waals surface area contributed by atoms with Gasteiger partial charge in [-0.25, -0.2) is 0 Å². The molecule has 10 heteroatoms. The van der Waals surface area contributed by atoms with E-state index in [9.17, 15) is 24.3 Å². The normalized spacial score (nSPS) is 16.4. The van der Waals surface area contributed by atoms with Crippen LogP contribution >= 0.6 is 0 Å². The van der Waals surface area contributed by atoms with Crippen molar-refractivity contribution in [1.82, 2.24) is 21.5 Å². The van der Waals surface area contributed by atoms with Crippen LogP contribution in [0.15, 0.2) is 48.5 Å². The van der Waals surface area contributed by atoms with Crippen LogP contribution in [-0.4, -0.2) is 52.3 Å². The number of ketones is 1. The summed E-state index contributed by atoms with van der Waals surface area (Å²) in [5, 5.41) is 16.4. The van der Waals surface area contributed by atoms with E-state index in [4.69, 9.17) is 4.74 Å².